The molecule has 188 valence electrons. The first kappa shape index (κ1) is 24.7. The van der Waals surface area contributed by atoms with Crippen LogP contribution in [-0.2, 0) is 6.42 Å². The van der Waals surface area contributed by atoms with Crippen molar-refractivity contribution in [1.82, 2.24) is 9.58 Å². The molecule has 4 rings (SSSR count). The van der Waals surface area contributed by atoms with Crippen LogP contribution in [0.4, 0.5) is 22.0 Å². The summed E-state index contributed by atoms with van der Waals surface area (Å²) >= 11 is 0. The number of amides is 1. The van der Waals surface area contributed by atoms with Gasteiger partial charge in [0.25, 0.3) is 5.91 Å². The Labute approximate surface area is 196 Å². The van der Waals surface area contributed by atoms with E-state index in [4.69, 9.17) is 0 Å². The standard InChI is InChI=1S/C23H22F5N3O4/c1-2-29-18-9-13(23(26,27)28)7-8-30(18)31-11-15(20(33)21(34)19(31)22(29)35)17(32)6-4-12-3-5-14(24)10-16(12)25/h3,5,10-11,13,18,34H,2,4,6-9H2,1H3/t13-,18-/m0/s1. The first-order chi connectivity index (χ1) is 16.4. The van der Waals surface area contributed by atoms with Gasteiger partial charge in [0.05, 0.1) is 11.5 Å². The fraction of sp³-hybridized carbons (Fsp3) is 0.435. The van der Waals surface area contributed by atoms with Crippen LogP contribution in [0.3, 0.4) is 0 Å². The van der Waals surface area contributed by atoms with Crippen LogP contribution in [0.5, 0.6) is 5.75 Å². The highest BCUT2D eigenvalue weighted by molar-refractivity contribution is 6.00. The van der Waals surface area contributed by atoms with Crippen molar-refractivity contribution in [2.75, 3.05) is 18.1 Å². The summed E-state index contributed by atoms with van der Waals surface area (Å²) in [7, 11) is 0. The number of alkyl halides is 3. The predicted octanol–water partition coefficient (Wildman–Crippen LogP) is 3.36. The maximum absolute atomic E-state index is 13.9. The molecule has 2 aliphatic rings. The summed E-state index contributed by atoms with van der Waals surface area (Å²) in [6.07, 6.45) is -5.57. The number of fused-ring (bicyclic) bond motifs is 3. The molecule has 2 aromatic rings. The quantitative estimate of drug-likeness (QED) is 0.504. The van der Waals surface area contributed by atoms with E-state index in [1.165, 1.54) is 11.1 Å². The van der Waals surface area contributed by atoms with Crippen LogP contribution in [0.15, 0.2) is 29.2 Å². The minimum absolute atomic E-state index is 0.0438. The number of halogens is 5. The van der Waals surface area contributed by atoms with Crippen molar-refractivity contribution in [1.29, 1.82) is 0 Å². The van der Waals surface area contributed by atoms with E-state index in [2.05, 4.69) is 0 Å². The molecule has 0 aliphatic carbocycles. The zero-order valence-electron chi connectivity index (χ0n) is 18.6. The van der Waals surface area contributed by atoms with E-state index in [1.807, 2.05) is 0 Å². The number of nitrogens with zero attached hydrogens (tertiary/aromatic N) is 3. The van der Waals surface area contributed by atoms with Gasteiger partial charge < -0.3 is 10.0 Å². The Bertz CT molecular complexity index is 1240. The van der Waals surface area contributed by atoms with Crippen LogP contribution >= 0.6 is 0 Å². The fourth-order valence-corrected chi connectivity index (χ4v) is 4.69. The largest absolute Gasteiger partial charge is 0.502 e. The summed E-state index contributed by atoms with van der Waals surface area (Å²) in [5, 5.41) is 12.0. The summed E-state index contributed by atoms with van der Waals surface area (Å²) in [4.78, 5) is 39.7. The average molecular weight is 499 g/mol. The zero-order valence-corrected chi connectivity index (χ0v) is 18.6. The highest BCUT2D eigenvalue weighted by Crippen LogP contribution is 2.39. The van der Waals surface area contributed by atoms with Crippen LogP contribution in [0.2, 0.25) is 0 Å². The third-order valence-electron chi connectivity index (χ3n) is 6.55. The number of hydrogen-bond donors (Lipinski definition) is 1. The van der Waals surface area contributed by atoms with Crippen LogP contribution in [-0.4, -0.2) is 51.8 Å². The van der Waals surface area contributed by atoms with Crippen LogP contribution in [0.25, 0.3) is 0 Å². The Morgan fingerprint density at radius 3 is 2.54 bits per heavy atom. The van der Waals surface area contributed by atoms with E-state index in [9.17, 15) is 41.4 Å². The lowest BCUT2D eigenvalue weighted by Crippen LogP contribution is -2.64. The lowest BCUT2D eigenvalue weighted by molar-refractivity contribution is -0.185. The topological polar surface area (TPSA) is 82.9 Å². The normalized spacial score (nSPS) is 20.0. The van der Waals surface area contributed by atoms with Gasteiger partial charge in [-0.05, 0) is 37.8 Å². The van der Waals surface area contributed by atoms with E-state index in [0.717, 1.165) is 21.8 Å². The monoisotopic (exact) mass is 499 g/mol. The maximum Gasteiger partial charge on any atom is 0.392 e. The molecular weight excluding hydrogens is 477 g/mol. The van der Waals surface area contributed by atoms with E-state index < -0.39 is 70.4 Å². The number of rotatable bonds is 5. The summed E-state index contributed by atoms with van der Waals surface area (Å²) in [6.45, 7) is 1.48. The third-order valence-corrected chi connectivity index (χ3v) is 6.55. The second-order valence-electron chi connectivity index (χ2n) is 8.57. The molecular formula is C23H22F5N3O4. The molecule has 0 unspecified atom stereocenters. The number of hydrogen-bond acceptors (Lipinski definition) is 5. The molecule has 1 amide bonds. The number of carbonyl (C=O) groups excluding carboxylic acids is 2. The number of aryl methyl sites for hydroxylation is 1. The first-order valence-corrected chi connectivity index (χ1v) is 11.0. The molecule has 2 atom stereocenters. The summed E-state index contributed by atoms with van der Waals surface area (Å²) in [5.41, 5.74) is -1.97. The number of ketones is 1. The summed E-state index contributed by atoms with van der Waals surface area (Å²) < 4.78 is 68.2. The van der Waals surface area contributed by atoms with E-state index in [1.54, 1.807) is 6.92 Å². The number of carbonyl (C=O) groups is 2. The molecule has 0 saturated carbocycles. The highest BCUT2D eigenvalue weighted by Gasteiger charge is 2.49. The minimum atomic E-state index is -4.45. The van der Waals surface area contributed by atoms with Crippen molar-refractivity contribution in [3.8, 4) is 5.75 Å². The molecule has 7 nitrogen and oxygen atoms in total. The SMILES string of the molecule is CCN1C(=O)c2c(O)c(=O)c(C(=O)CCc3ccc(F)cc3F)cn2N2CC[C@H](C(F)(F)F)C[C@@H]12. The van der Waals surface area contributed by atoms with Gasteiger partial charge >= 0.3 is 6.18 Å². The van der Waals surface area contributed by atoms with Gasteiger partial charge in [-0.25, -0.2) is 8.78 Å². The second-order valence-corrected chi connectivity index (χ2v) is 8.57. The number of Topliss-reactive ketones (excluding diaryl/α,β-unsaturated/α-hetero) is 1. The van der Waals surface area contributed by atoms with Gasteiger partial charge in [0.2, 0.25) is 5.43 Å². The van der Waals surface area contributed by atoms with Gasteiger partial charge in [0, 0.05) is 31.8 Å². The van der Waals surface area contributed by atoms with Crippen LogP contribution in [0, 0.1) is 17.6 Å². The molecule has 1 saturated heterocycles. The molecule has 1 fully saturated rings. The molecule has 0 radical (unpaired) electrons. The van der Waals surface area contributed by atoms with Crippen LogP contribution < -0.4 is 10.4 Å². The number of pyridine rings is 1. The second kappa shape index (κ2) is 8.97. The lowest BCUT2D eigenvalue weighted by atomic mass is 9.93. The Balaban J connectivity index is 1.69. The Morgan fingerprint density at radius 1 is 1.20 bits per heavy atom. The molecule has 35 heavy (non-hydrogen) atoms. The zero-order chi connectivity index (χ0) is 25.7. The van der Waals surface area contributed by atoms with Gasteiger partial charge in [0.15, 0.2) is 17.2 Å². The Hall–Kier alpha value is -3.44. The first-order valence-electron chi connectivity index (χ1n) is 11.0. The molecule has 0 bridgehead atoms. The van der Waals surface area contributed by atoms with Crippen molar-refractivity contribution < 1.29 is 36.6 Å². The summed E-state index contributed by atoms with van der Waals surface area (Å²) in [5.74, 6) is -5.85. The summed E-state index contributed by atoms with van der Waals surface area (Å²) in [6, 6.07) is 2.86. The highest BCUT2D eigenvalue weighted by atomic mass is 19.4. The molecule has 1 aromatic carbocycles. The smallest absolute Gasteiger partial charge is 0.392 e. The van der Waals surface area contributed by atoms with E-state index in [0.29, 0.717) is 6.07 Å². The van der Waals surface area contributed by atoms with Crippen molar-refractivity contribution in [2.45, 2.75) is 44.9 Å². The lowest BCUT2D eigenvalue weighted by Gasteiger charge is -2.50. The predicted molar refractivity (Wildman–Crippen MR) is 114 cm³/mol. The number of piperidine rings is 1. The van der Waals surface area contributed by atoms with Gasteiger partial charge in [-0.3, -0.25) is 24.1 Å². The number of aromatic nitrogens is 1. The van der Waals surface area contributed by atoms with Gasteiger partial charge in [0.1, 0.15) is 17.8 Å². The molecule has 3 heterocycles. The molecule has 2 aliphatic heterocycles. The van der Waals surface area contributed by atoms with Crippen molar-refractivity contribution >= 4 is 11.7 Å². The average Bonchev–Trinajstić information content (AvgIpc) is 2.79. The molecule has 1 aromatic heterocycles. The Kier molecular flexibility index (Phi) is 6.32. The van der Waals surface area contributed by atoms with Gasteiger partial charge in [-0.15, -0.1) is 0 Å². The number of aromatic hydroxyl groups is 1. The third kappa shape index (κ3) is 4.37. The minimum Gasteiger partial charge on any atom is -0.502 e. The molecule has 12 heteroatoms. The van der Waals surface area contributed by atoms with Crippen molar-refractivity contribution in [3.05, 3.63) is 63.1 Å². The fourth-order valence-electron chi connectivity index (χ4n) is 4.69. The Morgan fingerprint density at radius 2 is 1.91 bits per heavy atom. The maximum atomic E-state index is 13.9. The molecule has 0 spiro atoms. The van der Waals surface area contributed by atoms with Crippen molar-refractivity contribution in [2.24, 2.45) is 5.92 Å². The van der Waals surface area contributed by atoms with E-state index >= 15 is 0 Å². The van der Waals surface area contributed by atoms with E-state index in [-0.39, 0.29) is 37.9 Å². The number of benzene rings is 1. The van der Waals surface area contributed by atoms with Crippen molar-refractivity contribution in [3.63, 3.8) is 0 Å². The molecule has 1 N–H and O–H groups in total. The van der Waals surface area contributed by atoms with Gasteiger partial charge in [-0.1, -0.05) is 6.07 Å². The van der Waals surface area contributed by atoms with Gasteiger partial charge in [-0.2, -0.15) is 13.2 Å². The van der Waals surface area contributed by atoms with Crippen LogP contribution in [0.1, 0.15) is 52.6 Å².